The van der Waals surface area contributed by atoms with E-state index in [1.54, 1.807) is 16.7 Å². The molecule has 0 aromatic carbocycles. The molecule has 0 radical (unpaired) electrons. The van der Waals surface area contributed by atoms with Crippen molar-refractivity contribution in [1.29, 1.82) is 0 Å². The van der Waals surface area contributed by atoms with Gasteiger partial charge in [0.05, 0.1) is 0 Å². The Bertz CT molecular complexity index is 427. The van der Waals surface area contributed by atoms with Crippen LogP contribution in [0.5, 0.6) is 0 Å². The molecular weight excluding hydrogens is 240 g/mol. The molecule has 3 aliphatic carbocycles. The van der Waals surface area contributed by atoms with Gasteiger partial charge in [-0.1, -0.05) is 50.0 Å². The number of rotatable bonds is 0. The zero-order valence-electron chi connectivity index (χ0n) is 13.8. The predicted octanol–water partition coefficient (Wildman–Crippen LogP) is 6.29. The van der Waals surface area contributed by atoms with Crippen molar-refractivity contribution in [2.24, 2.45) is 23.2 Å². The maximum atomic E-state index is 4.61. The first-order valence-corrected chi connectivity index (χ1v) is 8.88. The molecule has 3 rings (SSSR count). The molecule has 20 heavy (non-hydrogen) atoms. The fraction of sp³-hybridized carbons (Fsp3) is 0.800. The van der Waals surface area contributed by atoms with E-state index in [4.69, 9.17) is 0 Å². The van der Waals surface area contributed by atoms with Gasteiger partial charge in [-0.2, -0.15) is 0 Å². The maximum absolute atomic E-state index is 4.61. The van der Waals surface area contributed by atoms with E-state index in [2.05, 4.69) is 27.4 Å². The first-order chi connectivity index (χ1) is 9.51. The summed E-state index contributed by atoms with van der Waals surface area (Å²) in [7, 11) is 0. The summed E-state index contributed by atoms with van der Waals surface area (Å²) >= 11 is 0. The molecule has 0 aromatic heterocycles. The Labute approximate surface area is 125 Å². The summed E-state index contributed by atoms with van der Waals surface area (Å²) in [6.07, 6.45) is 12.6. The van der Waals surface area contributed by atoms with E-state index in [1.165, 1.54) is 57.8 Å². The van der Waals surface area contributed by atoms with Gasteiger partial charge in [0.2, 0.25) is 0 Å². The van der Waals surface area contributed by atoms with Crippen LogP contribution < -0.4 is 0 Å². The van der Waals surface area contributed by atoms with Crippen LogP contribution in [0.25, 0.3) is 0 Å². The number of allylic oxidation sites excluding steroid dienone is 3. The van der Waals surface area contributed by atoms with Crippen molar-refractivity contribution in [3.05, 3.63) is 23.3 Å². The molecular formula is C20H32. The van der Waals surface area contributed by atoms with Crippen molar-refractivity contribution in [3.8, 4) is 0 Å². The Morgan fingerprint density at radius 3 is 2.65 bits per heavy atom. The minimum Gasteiger partial charge on any atom is -0.0990 e. The zero-order chi connectivity index (χ0) is 14.3. The Morgan fingerprint density at radius 2 is 1.85 bits per heavy atom. The lowest BCUT2D eigenvalue weighted by Gasteiger charge is -2.43. The van der Waals surface area contributed by atoms with E-state index in [0.29, 0.717) is 5.41 Å². The summed E-state index contributed by atoms with van der Waals surface area (Å²) in [5, 5.41) is 0. The van der Waals surface area contributed by atoms with Gasteiger partial charge in [0.25, 0.3) is 0 Å². The van der Waals surface area contributed by atoms with Crippen LogP contribution in [-0.4, -0.2) is 0 Å². The van der Waals surface area contributed by atoms with Crippen LogP contribution in [0.15, 0.2) is 23.3 Å². The summed E-state index contributed by atoms with van der Waals surface area (Å²) in [6, 6.07) is 0. The van der Waals surface area contributed by atoms with Crippen molar-refractivity contribution in [3.63, 3.8) is 0 Å². The van der Waals surface area contributed by atoms with Crippen molar-refractivity contribution in [2.45, 2.75) is 78.6 Å². The van der Waals surface area contributed by atoms with Crippen LogP contribution in [0, 0.1) is 23.2 Å². The highest BCUT2D eigenvalue weighted by molar-refractivity contribution is 5.34. The lowest BCUT2D eigenvalue weighted by molar-refractivity contribution is 0.177. The number of hydrogen-bond acceptors (Lipinski definition) is 0. The average Bonchev–Trinajstić information content (AvgIpc) is 2.75. The minimum atomic E-state index is 0.545. The summed E-state index contributed by atoms with van der Waals surface area (Å²) in [5.74, 6) is 2.45. The van der Waals surface area contributed by atoms with E-state index < -0.39 is 0 Å². The standard InChI is InChI=1S/C20H32/c1-14-6-5-7-15(2)18-11-13-20(4)12-10-17(9-8-14)16(3)19(18)20/h14,17,19H,3,5-13H2,1-2,4H3/b18-15-/t14-,17?,19+,20-/m0/s1. The van der Waals surface area contributed by atoms with E-state index in [9.17, 15) is 0 Å². The number of fused-ring (bicyclic) bond motifs is 1. The average molecular weight is 272 g/mol. The molecule has 2 fully saturated rings. The number of hydrogen-bond donors (Lipinski definition) is 0. The van der Waals surface area contributed by atoms with Crippen molar-refractivity contribution in [2.75, 3.05) is 0 Å². The highest BCUT2D eigenvalue weighted by atomic mass is 14.5. The molecule has 0 N–H and O–H groups in total. The van der Waals surface area contributed by atoms with Crippen LogP contribution in [0.1, 0.15) is 78.6 Å². The predicted molar refractivity (Wildman–Crippen MR) is 87.6 cm³/mol. The summed E-state index contributed by atoms with van der Waals surface area (Å²) in [6.45, 7) is 12.0. The molecule has 1 unspecified atom stereocenters. The molecule has 0 aliphatic heterocycles. The molecule has 2 bridgehead atoms. The maximum Gasteiger partial charge on any atom is 0.00636 e. The summed E-state index contributed by atoms with van der Waals surface area (Å²) in [5.41, 5.74) is 5.68. The zero-order valence-corrected chi connectivity index (χ0v) is 13.8. The SMILES string of the molecule is C=C1C2CC[C@@H](C)CCC/C(C)=C3/CC[C@](C)(CC2)[C@H]13. The van der Waals surface area contributed by atoms with Crippen LogP contribution in [0.4, 0.5) is 0 Å². The lowest BCUT2D eigenvalue weighted by Crippen LogP contribution is -2.33. The van der Waals surface area contributed by atoms with Gasteiger partial charge in [-0.25, -0.2) is 0 Å². The first kappa shape index (κ1) is 14.4. The molecule has 4 atom stereocenters. The normalized spacial score (nSPS) is 46.1. The molecule has 3 aliphatic rings. The third-order valence-corrected chi connectivity index (χ3v) is 6.77. The fourth-order valence-electron chi connectivity index (χ4n) is 5.29. The van der Waals surface area contributed by atoms with E-state index in [-0.39, 0.29) is 0 Å². The summed E-state index contributed by atoms with van der Waals surface area (Å²) in [4.78, 5) is 0. The van der Waals surface area contributed by atoms with E-state index in [1.807, 2.05) is 0 Å². The third-order valence-electron chi connectivity index (χ3n) is 6.77. The molecule has 0 saturated heterocycles. The monoisotopic (exact) mass is 272 g/mol. The summed E-state index contributed by atoms with van der Waals surface area (Å²) < 4.78 is 0. The smallest absolute Gasteiger partial charge is 0.00636 e. The van der Waals surface area contributed by atoms with Gasteiger partial charge in [-0.15, -0.1) is 0 Å². The van der Waals surface area contributed by atoms with Crippen LogP contribution in [0.3, 0.4) is 0 Å². The highest BCUT2D eigenvalue weighted by Crippen LogP contribution is 2.59. The van der Waals surface area contributed by atoms with Gasteiger partial charge in [0, 0.05) is 5.92 Å². The van der Waals surface area contributed by atoms with Gasteiger partial charge in [0.15, 0.2) is 0 Å². The topological polar surface area (TPSA) is 0 Å². The largest absolute Gasteiger partial charge is 0.0990 e. The minimum absolute atomic E-state index is 0.545. The second-order valence-electron chi connectivity index (χ2n) is 8.28. The molecule has 0 heteroatoms. The van der Waals surface area contributed by atoms with Gasteiger partial charge >= 0.3 is 0 Å². The lowest BCUT2D eigenvalue weighted by atomic mass is 9.62. The van der Waals surface area contributed by atoms with Crippen molar-refractivity contribution < 1.29 is 0 Å². The molecule has 2 saturated carbocycles. The van der Waals surface area contributed by atoms with Crippen LogP contribution in [-0.2, 0) is 0 Å². The van der Waals surface area contributed by atoms with Gasteiger partial charge in [-0.05, 0) is 69.1 Å². The Hall–Kier alpha value is -0.520. The molecule has 0 aromatic rings. The molecule has 112 valence electrons. The second kappa shape index (κ2) is 5.35. The molecule has 0 heterocycles. The second-order valence-corrected chi connectivity index (χ2v) is 8.28. The Balaban J connectivity index is 1.96. The third kappa shape index (κ3) is 2.40. The van der Waals surface area contributed by atoms with Gasteiger partial charge in [0.1, 0.15) is 0 Å². The molecule has 0 nitrogen and oxygen atoms in total. The molecule has 0 amide bonds. The Morgan fingerprint density at radius 1 is 1.05 bits per heavy atom. The first-order valence-electron chi connectivity index (χ1n) is 8.88. The van der Waals surface area contributed by atoms with Gasteiger partial charge in [-0.3, -0.25) is 0 Å². The molecule has 0 spiro atoms. The van der Waals surface area contributed by atoms with E-state index >= 15 is 0 Å². The Kier molecular flexibility index (Phi) is 3.86. The van der Waals surface area contributed by atoms with E-state index in [0.717, 1.165) is 17.8 Å². The fourth-order valence-corrected chi connectivity index (χ4v) is 5.29. The van der Waals surface area contributed by atoms with Gasteiger partial charge < -0.3 is 0 Å². The van der Waals surface area contributed by atoms with Crippen molar-refractivity contribution in [1.82, 2.24) is 0 Å². The van der Waals surface area contributed by atoms with Crippen LogP contribution >= 0.6 is 0 Å². The quantitative estimate of drug-likeness (QED) is 0.455. The van der Waals surface area contributed by atoms with Crippen molar-refractivity contribution >= 4 is 0 Å². The highest BCUT2D eigenvalue weighted by Gasteiger charge is 2.48. The van der Waals surface area contributed by atoms with Crippen LogP contribution in [0.2, 0.25) is 0 Å².